The summed E-state index contributed by atoms with van der Waals surface area (Å²) in [6, 6.07) is 0. The van der Waals surface area contributed by atoms with E-state index in [0.717, 1.165) is 32.2 Å². The predicted octanol–water partition coefficient (Wildman–Crippen LogP) is 1.32. The monoisotopic (exact) mass is 199 g/mol. The maximum atomic E-state index is 10.8. The van der Waals surface area contributed by atoms with Gasteiger partial charge < -0.3 is 9.64 Å². The SMILES string of the molecule is COCC1CCN(CCC(C)=O)CC1. The van der Waals surface area contributed by atoms with Crippen LogP contribution in [0.5, 0.6) is 0 Å². The first-order valence-corrected chi connectivity index (χ1v) is 5.43. The number of nitrogens with zero attached hydrogens (tertiary/aromatic N) is 1. The average Bonchev–Trinajstić information content (AvgIpc) is 2.17. The fraction of sp³-hybridized carbons (Fsp3) is 0.909. The lowest BCUT2D eigenvalue weighted by Gasteiger charge is -2.31. The van der Waals surface area contributed by atoms with E-state index >= 15 is 0 Å². The standard InChI is InChI=1S/C11H21NO2/c1-10(13)3-6-12-7-4-11(5-8-12)9-14-2/h11H,3-9H2,1-2H3. The number of ether oxygens (including phenoxy) is 1. The third-order valence-corrected chi connectivity index (χ3v) is 2.89. The van der Waals surface area contributed by atoms with E-state index in [2.05, 4.69) is 4.90 Å². The minimum Gasteiger partial charge on any atom is -0.384 e. The van der Waals surface area contributed by atoms with Crippen LogP contribution in [0, 0.1) is 5.92 Å². The van der Waals surface area contributed by atoms with E-state index in [9.17, 15) is 4.79 Å². The van der Waals surface area contributed by atoms with Crippen LogP contribution in [0.3, 0.4) is 0 Å². The van der Waals surface area contributed by atoms with Crippen LogP contribution >= 0.6 is 0 Å². The summed E-state index contributed by atoms with van der Waals surface area (Å²) in [5, 5.41) is 0. The van der Waals surface area contributed by atoms with Crippen molar-refractivity contribution in [1.29, 1.82) is 0 Å². The molecule has 0 N–H and O–H groups in total. The first-order chi connectivity index (χ1) is 6.72. The molecule has 3 nitrogen and oxygen atoms in total. The quantitative estimate of drug-likeness (QED) is 0.669. The number of carbonyl (C=O) groups excluding carboxylic acids is 1. The molecular formula is C11H21NO2. The molecule has 0 saturated carbocycles. The van der Waals surface area contributed by atoms with Crippen LogP contribution in [-0.4, -0.2) is 44.0 Å². The number of hydrogen-bond donors (Lipinski definition) is 0. The molecule has 0 bridgehead atoms. The second-order valence-corrected chi connectivity index (χ2v) is 4.19. The second kappa shape index (κ2) is 6.14. The van der Waals surface area contributed by atoms with Gasteiger partial charge in [0.15, 0.2) is 0 Å². The summed E-state index contributed by atoms with van der Waals surface area (Å²) in [7, 11) is 1.77. The van der Waals surface area contributed by atoms with Gasteiger partial charge in [0.05, 0.1) is 0 Å². The number of piperidine rings is 1. The third-order valence-electron chi connectivity index (χ3n) is 2.89. The molecule has 14 heavy (non-hydrogen) atoms. The highest BCUT2D eigenvalue weighted by Gasteiger charge is 2.18. The second-order valence-electron chi connectivity index (χ2n) is 4.19. The topological polar surface area (TPSA) is 29.5 Å². The van der Waals surface area contributed by atoms with Crippen molar-refractivity contribution in [3.05, 3.63) is 0 Å². The van der Waals surface area contributed by atoms with Crippen LogP contribution < -0.4 is 0 Å². The molecule has 1 rings (SSSR count). The van der Waals surface area contributed by atoms with Crippen molar-refractivity contribution in [2.24, 2.45) is 5.92 Å². The Morgan fingerprint density at radius 1 is 1.43 bits per heavy atom. The van der Waals surface area contributed by atoms with Gasteiger partial charge in [0.1, 0.15) is 5.78 Å². The van der Waals surface area contributed by atoms with Gasteiger partial charge in [-0.1, -0.05) is 0 Å². The number of ketones is 1. The summed E-state index contributed by atoms with van der Waals surface area (Å²) < 4.78 is 5.14. The minimum absolute atomic E-state index is 0.295. The molecule has 1 aliphatic rings. The highest BCUT2D eigenvalue weighted by Crippen LogP contribution is 2.17. The predicted molar refractivity (Wildman–Crippen MR) is 56.3 cm³/mol. The zero-order valence-electron chi connectivity index (χ0n) is 9.29. The van der Waals surface area contributed by atoms with Gasteiger partial charge in [-0.05, 0) is 38.8 Å². The number of carbonyl (C=O) groups is 1. The van der Waals surface area contributed by atoms with Gasteiger partial charge in [0.25, 0.3) is 0 Å². The lowest BCUT2D eigenvalue weighted by molar-refractivity contribution is -0.117. The molecule has 0 aromatic carbocycles. The highest BCUT2D eigenvalue weighted by molar-refractivity contribution is 5.75. The number of hydrogen-bond acceptors (Lipinski definition) is 3. The van der Waals surface area contributed by atoms with Crippen molar-refractivity contribution >= 4 is 5.78 Å². The Hall–Kier alpha value is -0.410. The largest absolute Gasteiger partial charge is 0.384 e. The molecule has 3 heteroatoms. The third kappa shape index (κ3) is 4.20. The van der Waals surface area contributed by atoms with Crippen LogP contribution in [0.1, 0.15) is 26.2 Å². The molecule has 0 aliphatic carbocycles. The minimum atomic E-state index is 0.295. The normalized spacial score (nSPS) is 19.9. The fourth-order valence-electron chi connectivity index (χ4n) is 1.93. The summed E-state index contributed by atoms with van der Waals surface area (Å²) in [5.41, 5.74) is 0. The van der Waals surface area contributed by atoms with Gasteiger partial charge in [-0.2, -0.15) is 0 Å². The zero-order valence-corrected chi connectivity index (χ0v) is 9.29. The molecule has 1 aliphatic heterocycles. The average molecular weight is 199 g/mol. The van der Waals surface area contributed by atoms with Gasteiger partial charge in [-0.25, -0.2) is 0 Å². The maximum Gasteiger partial charge on any atom is 0.131 e. The van der Waals surface area contributed by atoms with Crippen molar-refractivity contribution in [3.63, 3.8) is 0 Å². The van der Waals surface area contributed by atoms with Gasteiger partial charge in [0, 0.05) is 26.7 Å². The maximum absolute atomic E-state index is 10.8. The Morgan fingerprint density at radius 3 is 2.57 bits per heavy atom. The Bertz CT molecular complexity index is 174. The molecule has 0 amide bonds. The van der Waals surface area contributed by atoms with Gasteiger partial charge in [-0.15, -0.1) is 0 Å². The smallest absolute Gasteiger partial charge is 0.131 e. The Labute approximate surface area is 86.4 Å². The van der Waals surface area contributed by atoms with E-state index < -0.39 is 0 Å². The summed E-state index contributed by atoms with van der Waals surface area (Å²) in [5.74, 6) is 1.03. The zero-order chi connectivity index (χ0) is 10.4. The molecule has 0 aromatic heterocycles. The van der Waals surface area contributed by atoms with Crippen LogP contribution in [0.15, 0.2) is 0 Å². The van der Waals surface area contributed by atoms with Crippen molar-refractivity contribution in [2.45, 2.75) is 26.2 Å². The molecule has 1 heterocycles. The number of Topliss-reactive ketones (excluding diaryl/α,β-unsaturated/α-hetero) is 1. The first kappa shape index (κ1) is 11.7. The van der Waals surface area contributed by atoms with E-state index in [1.165, 1.54) is 12.8 Å². The lowest BCUT2D eigenvalue weighted by Crippen LogP contribution is -2.36. The van der Waals surface area contributed by atoms with E-state index in [0.29, 0.717) is 12.2 Å². The molecule has 1 fully saturated rings. The van der Waals surface area contributed by atoms with E-state index in [1.807, 2.05) is 0 Å². The van der Waals surface area contributed by atoms with Gasteiger partial charge >= 0.3 is 0 Å². The molecule has 0 spiro atoms. The first-order valence-electron chi connectivity index (χ1n) is 5.43. The molecule has 0 radical (unpaired) electrons. The van der Waals surface area contributed by atoms with Crippen molar-refractivity contribution < 1.29 is 9.53 Å². The van der Waals surface area contributed by atoms with Gasteiger partial charge in [-0.3, -0.25) is 4.79 Å². The highest BCUT2D eigenvalue weighted by atomic mass is 16.5. The Morgan fingerprint density at radius 2 is 2.07 bits per heavy atom. The summed E-state index contributed by atoms with van der Waals surface area (Å²) >= 11 is 0. The number of likely N-dealkylation sites (tertiary alicyclic amines) is 1. The molecule has 0 aromatic rings. The molecule has 0 atom stereocenters. The van der Waals surface area contributed by atoms with Gasteiger partial charge in [0.2, 0.25) is 0 Å². The van der Waals surface area contributed by atoms with Crippen LogP contribution in [0.25, 0.3) is 0 Å². The molecule has 82 valence electrons. The number of rotatable bonds is 5. The van der Waals surface area contributed by atoms with Crippen LogP contribution in [0.4, 0.5) is 0 Å². The molecular weight excluding hydrogens is 178 g/mol. The fourth-order valence-corrected chi connectivity index (χ4v) is 1.93. The van der Waals surface area contributed by atoms with E-state index in [-0.39, 0.29) is 0 Å². The van der Waals surface area contributed by atoms with Crippen molar-refractivity contribution in [3.8, 4) is 0 Å². The summed E-state index contributed by atoms with van der Waals surface area (Å²) in [4.78, 5) is 13.2. The van der Waals surface area contributed by atoms with E-state index in [1.54, 1.807) is 14.0 Å². The van der Waals surface area contributed by atoms with Crippen LogP contribution in [0.2, 0.25) is 0 Å². The van der Waals surface area contributed by atoms with Crippen molar-refractivity contribution in [2.75, 3.05) is 33.4 Å². The Balaban J connectivity index is 2.12. The van der Waals surface area contributed by atoms with Crippen LogP contribution in [-0.2, 0) is 9.53 Å². The summed E-state index contributed by atoms with van der Waals surface area (Å²) in [6.07, 6.45) is 3.13. The number of methoxy groups -OCH3 is 1. The van der Waals surface area contributed by atoms with Crippen molar-refractivity contribution in [1.82, 2.24) is 4.90 Å². The van der Waals surface area contributed by atoms with E-state index in [4.69, 9.17) is 4.74 Å². The summed E-state index contributed by atoms with van der Waals surface area (Å²) in [6.45, 7) is 5.75. The Kier molecular flexibility index (Phi) is 5.12. The molecule has 0 unspecified atom stereocenters. The lowest BCUT2D eigenvalue weighted by atomic mass is 9.98. The molecule has 1 saturated heterocycles.